The first-order valence-corrected chi connectivity index (χ1v) is 9.44. The third-order valence-electron chi connectivity index (χ3n) is 4.90. The lowest BCUT2D eigenvalue weighted by Gasteiger charge is -2.24. The van der Waals surface area contributed by atoms with Crippen molar-refractivity contribution < 1.29 is 13.9 Å². The number of alkyl halides is 2. The molecule has 6 nitrogen and oxygen atoms in total. The lowest BCUT2D eigenvalue weighted by Crippen LogP contribution is -2.31. The molecule has 1 saturated carbocycles. The number of aliphatic hydroxyl groups is 1. The van der Waals surface area contributed by atoms with Gasteiger partial charge < -0.3 is 10.4 Å². The summed E-state index contributed by atoms with van der Waals surface area (Å²) in [4.78, 5) is 8.82. The van der Waals surface area contributed by atoms with E-state index in [0.29, 0.717) is 29.0 Å². The molecule has 2 aliphatic rings. The van der Waals surface area contributed by atoms with E-state index < -0.39 is 6.55 Å². The van der Waals surface area contributed by atoms with Crippen molar-refractivity contribution in [2.75, 3.05) is 6.54 Å². The number of nitrogens with one attached hydrogen (secondary N) is 1. The maximum absolute atomic E-state index is 12.9. The minimum atomic E-state index is -2.67. The van der Waals surface area contributed by atoms with E-state index in [1.165, 1.54) is 23.7 Å². The predicted octanol–water partition coefficient (Wildman–Crippen LogP) is 3.05. The van der Waals surface area contributed by atoms with Crippen molar-refractivity contribution in [2.45, 2.75) is 38.3 Å². The van der Waals surface area contributed by atoms with Gasteiger partial charge in [-0.1, -0.05) is 6.42 Å². The first kappa shape index (κ1) is 17.3. The van der Waals surface area contributed by atoms with Gasteiger partial charge in [0.15, 0.2) is 10.8 Å². The zero-order chi connectivity index (χ0) is 18.1. The molecule has 26 heavy (non-hydrogen) atoms. The Kier molecular flexibility index (Phi) is 4.82. The van der Waals surface area contributed by atoms with Crippen LogP contribution in [0.4, 0.5) is 8.78 Å². The second-order valence-corrected chi connectivity index (χ2v) is 7.43. The Morgan fingerprint density at radius 2 is 2.27 bits per heavy atom. The fourth-order valence-electron chi connectivity index (χ4n) is 3.53. The Balaban J connectivity index is 1.64. The maximum Gasteiger partial charge on any atom is 0.333 e. The predicted molar refractivity (Wildman–Crippen MR) is 95.0 cm³/mol. The highest BCUT2D eigenvalue weighted by atomic mass is 32.1. The Hall–Kier alpha value is -2.13. The molecule has 4 rings (SSSR count). The molecule has 0 amide bonds. The molecule has 0 aromatic carbocycles. The first-order valence-electron chi connectivity index (χ1n) is 8.56. The molecule has 2 unspecified atom stereocenters. The summed E-state index contributed by atoms with van der Waals surface area (Å²) in [7, 11) is 0. The van der Waals surface area contributed by atoms with Crippen LogP contribution >= 0.6 is 11.3 Å². The Morgan fingerprint density at radius 3 is 2.92 bits per heavy atom. The fourth-order valence-corrected chi connectivity index (χ4v) is 4.13. The molecule has 1 aliphatic heterocycles. The molecule has 9 heteroatoms. The number of thiazole rings is 1. The second-order valence-electron chi connectivity index (χ2n) is 6.53. The number of aliphatic imine (C=N–C) groups is 1. The lowest BCUT2D eigenvalue weighted by molar-refractivity contribution is 0.0566. The van der Waals surface area contributed by atoms with Crippen LogP contribution in [0.2, 0.25) is 0 Å². The molecule has 0 radical (unpaired) electrons. The third kappa shape index (κ3) is 3.41. The van der Waals surface area contributed by atoms with Crippen LogP contribution in [-0.2, 0) is 0 Å². The zero-order valence-corrected chi connectivity index (χ0v) is 14.8. The largest absolute Gasteiger partial charge is 0.393 e. The molecule has 3 heterocycles. The lowest BCUT2D eigenvalue weighted by atomic mass is 9.94. The third-order valence-corrected chi connectivity index (χ3v) is 5.68. The van der Waals surface area contributed by atoms with Gasteiger partial charge in [-0.3, -0.25) is 4.99 Å². The number of hydrogen-bond donors (Lipinski definition) is 2. The van der Waals surface area contributed by atoms with Gasteiger partial charge in [0.25, 0.3) is 0 Å². The summed E-state index contributed by atoms with van der Waals surface area (Å²) in [6.45, 7) is -2.30. The Morgan fingerprint density at radius 1 is 1.38 bits per heavy atom. The van der Waals surface area contributed by atoms with Crippen molar-refractivity contribution in [2.24, 2.45) is 10.9 Å². The number of amidine groups is 1. The molecule has 2 aromatic heterocycles. The van der Waals surface area contributed by atoms with Crippen LogP contribution < -0.4 is 5.32 Å². The minimum Gasteiger partial charge on any atom is -0.393 e. The molecule has 0 saturated heterocycles. The van der Waals surface area contributed by atoms with Gasteiger partial charge in [0, 0.05) is 34.6 Å². The van der Waals surface area contributed by atoms with Gasteiger partial charge in [-0.15, -0.1) is 11.3 Å². The van der Waals surface area contributed by atoms with Crippen LogP contribution in [0.5, 0.6) is 0 Å². The van der Waals surface area contributed by atoms with E-state index >= 15 is 0 Å². The normalized spacial score (nSPS) is 23.5. The number of rotatable bonds is 5. The molecule has 1 fully saturated rings. The fraction of sp³-hybridized carbons (Fsp3) is 0.471. The number of halogens is 2. The smallest absolute Gasteiger partial charge is 0.333 e. The summed E-state index contributed by atoms with van der Waals surface area (Å²) < 4.78 is 26.4. The SMILES string of the molecule is OC1CCCC1CC1=C(c2cnn(C(F)F)c2)CN=C(c2nccs2)N1. The number of aromatic nitrogens is 3. The summed E-state index contributed by atoms with van der Waals surface area (Å²) in [5, 5.41) is 19.9. The van der Waals surface area contributed by atoms with Gasteiger partial charge >= 0.3 is 6.55 Å². The van der Waals surface area contributed by atoms with Crippen molar-refractivity contribution in [1.82, 2.24) is 20.1 Å². The number of nitrogens with zero attached hydrogens (tertiary/aromatic N) is 4. The molecule has 0 spiro atoms. The van der Waals surface area contributed by atoms with Crippen LogP contribution in [0.1, 0.15) is 42.8 Å². The van der Waals surface area contributed by atoms with Gasteiger partial charge in [0.05, 0.1) is 18.8 Å². The van der Waals surface area contributed by atoms with Gasteiger partial charge in [-0.2, -0.15) is 13.9 Å². The van der Waals surface area contributed by atoms with Crippen LogP contribution in [0.25, 0.3) is 5.57 Å². The van der Waals surface area contributed by atoms with Crippen LogP contribution in [0, 0.1) is 5.92 Å². The number of hydrogen-bond acceptors (Lipinski definition) is 6. The summed E-state index contributed by atoms with van der Waals surface area (Å²) in [6, 6.07) is 0. The van der Waals surface area contributed by atoms with Gasteiger partial charge in [-0.25, -0.2) is 9.67 Å². The molecular formula is C17H19F2N5OS. The topological polar surface area (TPSA) is 75.3 Å². The summed E-state index contributed by atoms with van der Waals surface area (Å²) in [5.74, 6) is 0.848. The van der Waals surface area contributed by atoms with Gasteiger partial charge in [0.1, 0.15) is 0 Å². The van der Waals surface area contributed by atoms with Crippen molar-refractivity contribution in [3.63, 3.8) is 0 Å². The minimum absolute atomic E-state index is 0.160. The molecule has 2 aromatic rings. The maximum atomic E-state index is 12.9. The molecule has 1 aliphatic carbocycles. The van der Waals surface area contributed by atoms with Crippen molar-refractivity contribution in [1.29, 1.82) is 0 Å². The van der Waals surface area contributed by atoms with Crippen molar-refractivity contribution >= 4 is 22.7 Å². The number of allylic oxidation sites excluding steroid dienone is 1. The molecule has 0 bridgehead atoms. The monoisotopic (exact) mass is 379 g/mol. The van der Waals surface area contributed by atoms with E-state index in [1.54, 1.807) is 6.20 Å². The molecular weight excluding hydrogens is 360 g/mol. The van der Waals surface area contributed by atoms with E-state index in [4.69, 9.17) is 0 Å². The highest BCUT2D eigenvalue weighted by Gasteiger charge is 2.29. The molecule has 2 N–H and O–H groups in total. The Bertz CT molecular complexity index is 830. The quantitative estimate of drug-likeness (QED) is 0.837. The van der Waals surface area contributed by atoms with E-state index in [2.05, 4.69) is 20.4 Å². The highest BCUT2D eigenvalue weighted by molar-refractivity contribution is 7.11. The average molecular weight is 379 g/mol. The molecule has 138 valence electrons. The standard InChI is InChI=1S/C17H19F2N5OS/c18-17(19)24-9-11(7-22-24)12-8-21-15(16-20-4-5-26-16)23-13(12)6-10-2-1-3-14(10)25/h4-5,7,9-10,14,17,25H,1-3,6,8H2,(H,21,23). The van der Waals surface area contributed by atoms with Crippen molar-refractivity contribution in [3.05, 3.63) is 40.2 Å². The van der Waals surface area contributed by atoms with Crippen LogP contribution in [-0.4, -0.2) is 38.4 Å². The van der Waals surface area contributed by atoms with Crippen LogP contribution in [0.3, 0.4) is 0 Å². The van der Waals surface area contributed by atoms with E-state index in [0.717, 1.165) is 35.5 Å². The van der Waals surface area contributed by atoms with E-state index in [9.17, 15) is 13.9 Å². The van der Waals surface area contributed by atoms with Gasteiger partial charge in [0.2, 0.25) is 0 Å². The summed E-state index contributed by atoms with van der Waals surface area (Å²) in [5.41, 5.74) is 2.38. The van der Waals surface area contributed by atoms with E-state index in [-0.39, 0.29) is 12.0 Å². The molecule has 2 atom stereocenters. The second kappa shape index (κ2) is 7.24. The highest BCUT2D eigenvalue weighted by Crippen LogP contribution is 2.34. The average Bonchev–Trinajstić information content (AvgIpc) is 3.37. The van der Waals surface area contributed by atoms with Crippen molar-refractivity contribution in [3.8, 4) is 0 Å². The summed E-state index contributed by atoms with van der Waals surface area (Å²) in [6.07, 6.45) is 7.61. The Labute approximate surface area is 153 Å². The van der Waals surface area contributed by atoms with Crippen LogP contribution in [0.15, 0.2) is 34.7 Å². The zero-order valence-electron chi connectivity index (χ0n) is 14.0. The number of aliphatic hydroxyl groups excluding tert-OH is 1. The first-order chi connectivity index (χ1) is 12.6. The van der Waals surface area contributed by atoms with E-state index in [1.807, 2.05) is 5.38 Å². The van der Waals surface area contributed by atoms with Gasteiger partial charge in [-0.05, 0) is 25.2 Å². The summed E-state index contributed by atoms with van der Waals surface area (Å²) >= 11 is 1.49.